The number of ether oxygens (including phenoxy) is 1. The van der Waals surface area contributed by atoms with Crippen molar-refractivity contribution in [2.45, 2.75) is 6.36 Å². The number of rotatable bonds is 4. The summed E-state index contributed by atoms with van der Waals surface area (Å²) in [4.78, 5) is 7.47. The summed E-state index contributed by atoms with van der Waals surface area (Å²) in [5.74, 6) is -1.16. The summed E-state index contributed by atoms with van der Waals surface area (Å²) in [6, 6.07) is 4.99. The van der Waals surface area contributed by atoms with Crippen LogP contribution >= 0.6 is 0 Å². The van der Waals surface area contributed by atoms with Crippen LogP contribution in [0, 0.1) is 5.82 Å². The molecule has 0 aliphatic carbocycles. The number of nitrogens with one attached hydrogen (secondary N) is 2. The van der Waals surface area contributed by atoms with Gasteiger partial charge in [0.25, 0.3) is 0 Å². The summed E-state index contributed by atoms with van der Waals surface area (Å²) in [5, 5.41) is 5.18. The average molecular weight is 302 g/mol. The number of alkyl halides is 3. The van der Waals surface area contributed by atoms with Crippen LogP contribution < -0.4 is 15.4 Å². The van der Waals surface area contributed by atoms with Gasteiger partial charge in [0.1, 0.15) is 5.75 Å². The zero-order valence-electron chi connectivity index (χ0n) is 10.7. The number of benzene rings is 1. The summed E-state index contributed by atoms with van der Waals surface area (Å²) in [7, 11) is 1.55. The number of halogens is 4. The SMILES string of the molecule is CNc1ncc(F)c(Nc2cccc(OC(F)(F)F)c2)n1. The highest BCUT2D eigenvalue weighted by atomic mass is 19.4. The van der Waals surface area contributed by atoms with Crippen molar-refractivity contribution >= 4 is 17.5 Å². The highest BCUT2D eigenvalue weighted by molar-refractivity contribution is 5.59. The molecular formula is C12H10F4N4O. The molecule has 0 radical (unpaired) electrons. The second kappa shape index (κ2) is 5.81. The second-order valence-electron chi connectivity index (χ2n) is 3.84. The van der Waals surface area contributed by atoms with Gasteiger partial charge in [0.15, 0.2) is 11.6 Å². The zero-order chi connectivity index (χ0) is 15.5. The number of hydrogen-bond donors (Lipinski definition) is 2. The van der Waals surface area contributed by atoms with Crippen LogP contribution in [0.1, 0.15) is 0 Å². The second-order valence-corrected chi connectivity index (χ2v) is 3.84. The van der Waals surface area contributed by atoms with Crippen LogP contribution in [0.3, 0.4) is 0 Å². The lowest BCUT2D eigenvalue weighted by molar-refractivity contribution is -0.274. The molecule has 0 bridgehead atoms. The fraction of sp³-hybridized carbons (Fsp3) is 0.167. The lowest BCUT2D eigenvalue weighted by atomic mass is 10.3. The first-order valence-electron chi connectivity index (χ1n) is 5.70. The van der Waals surface area contributed by atoms with E-state index in [1.165, 1.54) is 12.1 Å². The molecule has 9 heteroatoms. The van der Waals surface area contributed by atoms with E-state index in [0.717, 1.165) is 18.3 Å². The van der Waals surface area contributed by atoms with Crippen LogP contribution in [-0.2, 0) is 0 Å². The molecule has 1 aromatic carbocycles. The smallest absolute Gasteiger partial charge is 0.406 e. The molecule has 0 saturated heterocycles. The maximum atomic E-state index is 13.5. The fourth-order valence-corrected chi connectivity index (χ4v) is 1.48. The molecule has 2 N–H and O–H groups in total. The van der Waals surface area contributed by atoms with Gasteiger partial charge < -0.3 is 15.4 Å². The predicted molar refractivity (Wildman–Crippen MR) is 67.9 cm³/mol. The number of hydrogen-bond acceptors (Lipinski definition) is 5. The Balaban J connectivity index is 2.22. The lowest BCUT2D eigenvalue weighted by Gasteiger charge is -2.11. The van der Waals surface area contributed by atoms with Gasteiger partial charge in [-0.25, -0.2) is 9.37 Å². The maximum absolute atomic E-state index is 13.5. The van der Waals surface area contributed by atoms with Gasteiger partial charge in [-0.3, -0.25) is 0 Å². The standard InChI is InChI=1S/C12H10F4N4O/c1-17-11-18-6-9(13)10(20-11)19-7-3-2-4-8(5-7)21-12(14,15)16/h2-6H,1H3,(H2,17,18,19,20). The van der Waals surface area contributed by atoms with Gasteiger partial charge in [0.2, 0.25) is 5.95 Å². The van der Waals surface area contributed by atoms with E-state index >= 15 is 0 Å². The molecule has 5 nitrogen and oxygen atoms in total. The minimum Gasteiger partial charge on any atom is -0.406 e. The number of aromatic nitrogens is 2. The third-order valence-electron chi connectivity index (χ3n) is 2.30. The predicted octanol–water partition coefficient (Wildman–Crippen LogP) is 3.30. The van der Waals surface area contributed by atoms with Crippen molar-refractivity contribution < 1.29 is 22.3 Å². The van der Waals surface area contributed by atoms with Crippen molar-refractivity contribution in [3.05, 3.63) is 36.3 Å². The summed E-state index contributed by atoms with van der Waals surface area (Å²) in [5.41, 5.74) is 0.191. The zero-order valence-corrected chi connectivity index (χ0v) is 10.7. The highest BCUT2D eigenvalue weighted by Gasteiger charge is 2.31. The number of anilines is 3. The molecule has 0 aliphatic heterocycles. The first-order valence-corrected chi connectivity index (χ1v) is 5.70. The summed E-state index contributed by atoms with van der Waals surface area (Å²) < 4.78 is 53.7. The molecule has 0 spiro atoms. The molecule has 0 saturated carbocycles. The maximum Gasteiger partial charge on any atom is 0.573 e. The van der Waals surface area contributed by atoms with Crippen LogP contribution in [0.2, 0.25) is 0 Å². The minimum absolute atomic E-state index is 0.168. The molecule has 21 heavy (non-hydrogen) atoms. The van der Waals surface area contributed by atoms with Crippen LogP contribution in [0.5, 0.6) is 5.75 Å². The van der Waals surface area contributed by atoms with Gasteiger partial charge in [-0.2, -0.15) is 4.98 Å². The van der Waals surface area contributed by atoms with E-state index in [4.69, 9.17) is 0 Å². The first kappa shape index (κ1) is 14.8. The van der Waals surface area contributed by atoms with E-state index in [1.54, 1.807) is 7.05 Å². The van der Waals surface area contributed by atoms with Gasteiger partial charge in [-0.05, 0) is 12.1 Å². The van der Waals surface area contributed by atoms with Crippen molar-refractivity contribution in [2.75, 3.05) is 17.7 Å². The lowest BCUT2D eigenvalue weighted by Crippen LogP contribution is -2.17. The van der Waals surface area contributed by atoms with Gasteiger partial charge in [0.05, 0.1) is 6.20 Å². The molecule has 0 unspecified atom stereocenters. The fourth-order valence-electron chi connectivity index (χ4n) is 1.48. The van der Waals surface area contributed by atoms with Crippen molar-refractivity contribution in [1.29, 1.82) is 0 Å². The molecule has 0 aliphatic rings. The summed E-state index contributed by atoms with van der Waals surface area (Å²) >= 11 is 0. The Morgan fingerprint density at radius 2 is 2.00 bits per heavy atom. The van der Waals surface area contributed by atoms with Gasteiger partial charge in [-0.15, -0.1) is 13.2 Å². The van der Waals surface area contributed by atoms with Crippen molar-refractivity contribution in [3.63, 3.8) is 0 Å². The number of nitrogens with zero attached hydrogens (tertiary/aromatic N) is 2. The Morgan fingerprint density at radius 1 is 1.24 bits per heavy atom. The Bertz CT molecular complexity index is 633. The first-order chi connectivity index (χ1) is 9.87. The average Bonchev–Trinajstić information content (AvgIpc) is 2.40. The topological polar surface area (TPSA) is 59.1 Å². The van der Waals surface area contributed by atoms with Gasteiger partial charge in [-0.1, -0.05) is 6.07 Å². The molecule has 2 rings (SSSR count). The molecule has 1 heterocycles. The van der Waals surface area contributed by atoms with Gasteiger partial charge in [0, 0.05) is 18.8 Å². The molecule has 2 aromatic rings. The minimum atomic E-state index is -4.79. The Labute approximate surface area is 117 Å². The normalized spacial score (nSPS) is 11.1. The van der Waals surface area contributed by atoms with E-state index in [0.29, 0.717) is 0 Å². The Hall–Kier alpha value is -2.58. The third-order valence-corrected chi connectivity index (χ3v) is 2.30. The molecule has 0 fully saturated rings. The van der Waals surface area contributed by atoms with Crippen molar-refractivity contribution in [2.24, 2.45) is 0 Å². The van der Waals surface area contributed by atoms with E-state index in [-0.39, 0.29) is 17.5 Å². The van der Waals surface area contributed by atoms with Crippen LogP contribution in [0.4, 0.5) is 35.0 Å². The van der Waals surface area contributed by atoms with E-state index < -0.39 is 17.9 Å². The quantitative estimate of drug-likeness (QED) is 0.849. The summed E-state index contributed by atoms with van der Waals surface area (Å²) in [6.45, 7) is 0. The molecule has 0 amide bonds. The molecule has 0 atom stereocenters. The largest absolute Gasteiger partial charge is 0.573 e. The Kier molecular flexibility index (Phi) is 4.10. The summed E-state index contributed by atoms with van der Waals surface area (Å²) in [6.07, 6.45) is -3.85. The third kappa shape index (κ3) is 4.20. The van der Waals surface area contributed by atoms with Crippen LogP contribution in [-0.4, -0.2) is 23.4 Å². The molecule has 1 aromatic heterocycles. The molecular weight excluding hydrogens is 292 g/mol. The van der Waals surface area contributed by atoms with Crippen molar-refractivity contribution in [1.82, 2.24) is 9.97 Å². The van der Waals surface area contributed by atoms with E-state index in [1.807, 2.05) is 0 Å². The van der Waals surface area contributed by atoms with Gasteiger partial charge >= 0.3 is 6.36 Å². The monoisotopic (exact) mass is 302 g/mol. The van der Waals surface area contributed by atoms with E-state index in [2.05, 4.69) is 25.3 Å². The highest BCUT2D eigenvalue weighted by Crippen LogP contribution is 2.26. The van der Waals surface area contributed by atoms with Crippen molar-refractivity contribution in [3.8, 4) is 5.75 Å². The van der Waals surface area contributed by atoms with E-state index in [9.17, 15) is 17.6 Å². The van der Waals surface area contributed by atoms with Crippen LogP contribution in [0.15, 0.2) is 30.5 Å². The molecule has 112 valence electrons. The Morgan fingerprint density at radius 3 is 2.67 bits per heavy atom. The van der Waals surface area contributed by atoms with Crippen LogP contribution in [0.25, 0.3) is 0 Å².